The molecule has 1 rings (SSSR count). The van der Waals surface area contributed by atoms with Crippen molar-refractivity contribution in [2.24, 2.45) is 5.10 Å². The number of rotatable bonds is 1. The van der Waals surface area contributed by atoms with Gasteiger partial charge in [-0.3, -0.25) is 8.12 Å². The van der Waals surface area contributed by atoms with Crippen molar-refractivity contribution in [1.82, 2.24) is 8.12 Å². The van der Waals surface area contributed by atoms with E-state index in [1.165, 1.54) is 0 Å². The molecule has 0 aliphatic carbocycles. The minimum Gasteiger partial charge on any atom is -0.270 e. The lowest BCUT2D eigenvalue weighted by Crippen LogP contribution is -2.27. The van der Waals surface area contributed by atoms with Crippen molar-refractivity contribution in [3.05, 3.63) is 0 Å². The van der Waals surface area contributed by atoms with E-state index in [-0.39, 0.29) is 5.08 Å². The summed E-state index contributed by atoms with van der Waals surface area (Å²) in [7, 11) is 0. The Kier molecular flexibility index (Phi) is 2.57. The lowest BCUT2D eigenvalue weighted by Gasteiger charge is -2.18. The minimum absolute atomic E-state index is 0.239. The van der Waals surface area contributed by atoms with Crippen LogP contribution >= 0.6 is 38.8 Å². The molecule has 1 unspecified atom stereocenters. The fraction of sp³-hybridized carbons (Fsp3) is 0.750. The first-order chi connectivity index (χ1) is 4.25. The third-order valence-electron chi connectivity index (χ3n) is 1.08. The van der Waals surface area contributed by atoms with E-state index in [9.17, 15) is 0 Å². The van der Waals surface area contributed by atoms with E-state index in [0.29, 0.717) is 0 Å². The lowest BCUT2D eigenvalue weighted by molar-refractivity contribution is 0.279. The van der Waals surface area contributed by atoms with Crippen molar-refractivity contribution >= 4 is 45.1 Å². The van der Waals surface area contributed by atoms with Crippen LogP contribution in [0.4, 0.5) is 0 Å². The van der Waals surface area contributed by atoms with Gasteiger partial charge in [0.1, 0.15) is 6.34 Å². The van der Waals surface area contributed by atoms with Crippen LogP contribution in [0.3, 0.4) is 0 Å². The summed E-state index contributed by atoms with van der Waals surface area (Å²) in [6.07, 6.45) is 1.80. The predicted octanol–water partition coefficient (Wildman–Crippen LogP) is 1.60. The third kappa shape index (κ3) is 1.49. The molecule has 0 N–H and O–H groups in total. The van der Waals surface area contributed by atoms with E-state index in [2.05, 4.69) is 50.8 Å². The summed E-state index contributed by atoms with van der Waals surface area (Å²) in [5.74, 6) is 0. The minimum atomic E-state index is 0.239. The molecule has 1 aliphatic heterocycles. The van der Waals surface area contributed by atoms with Crippen LogP contribution in [0.25, 0.3) is 0 Å². The van der Waals surface area contributed by atoms with Crippen molar-refractivity contribution in [3.63, 3.8) is 0 Å². The molecule has 0 aromatic rings. The highest BCUT2D eigenvalue weighted by atomic mass is 127. The maximum atomic E-state index is 4.10. The van der Waals surface area contributed by atoms with Gasteiger partial charge in [0.15, 0.2) is 5.08 Å². The van der Waals surface area contributed by atoms with Crippen molar-refractivity contribution in [2.45, 2.75) is 12.0 Å². The number of alkyl halides is 1. The molecular formula is C4H7BrIN3. The highest BCUT2D eigenvalue weighted by molar-refractivity contribution is 14.1. The second-order valence-corrected chi connectivity index (χ2v) is 3.57. The van der Waals surface area contributed by atoms with Crippen molar-refractivity contribution in [2.75, 3.05) is 6.54 Å². The third-order valence-corrected chi connectivity index (χ3v) is 3.54. The Morgan fingerprint density at radius 1 is 1.89 bits per heavy atom. The van der Waals surface area contributed by atoms with E-state index >= 15 is 0 Å². The average Bonchev–Trinajstić information content (AvgIpc) is 2.15. The molecule has 0 amide bonds. The summed E-state index contributed by atoms with van der Waals surface area (Å²) in [4.78, 5) is 0. The molecule has 0 spiro atoms. The Hall–Kier alpha value is 0.480. The number of hydrogen-bond donors (Lipinski definition) is 0. The Morgan fingerprint density at radius 3 is 2.78 bits per heavy atom. The molecule has 0 aromatic heterocycles. The van der Waals surface area contributed by atoms with Crippen molar-refractivity contribution in [1.29, 1.82) is 0 Å². The highest BCUT2D eigenvalue weighted by Gasteiger charge is 2.20. The van der Waals surface area contributed by atoms with Gasteiger partial charge in [0.25, 0.3) is 0 Å². The number of nitrogens with zero attached hydrogens (tertiary/aromatic N) is 3. The van der Waals surface area contributed by atoms with E-state index in [4.69, 9.17) is 0 Å². The predicted molar refractivity (Wildman–Crippen MR) is 49.4 cm³/mol. The average molecular weight is 304 g/mol. The van der Waals surface area contributed by atoms with Gasteiger partial charge in [-0.05, 0) is 22.9 Å². The first-order valence-electron chi connectivity index (χ1n) is 2.64. The van der Waals surface area contributed by atoms with Crippen molar-refractivity contribution in [3.8, 4) is 0 Å². The SMILES string of the molecule is CCN1N=CN(I)C1Br. The fourth-order valence-electron chi connectivity index (χ4n) is 0.585. The van der Waals surface area contributed by atoms with Gasteiger partial charge in [0.05, 0.1) is 22.9 Å². The van der Waals surface area contributed by atoms with Crippen LogP contribution in [-0.4, -0.2) is 26.1 Å². The first-order valence-corrected chi connectivity index (χ1v) is 4.52. The van der Waals surface area contributed by atoms with Crippen LogP contribution in [0.2, 0.25) is 0 Å². The van der Waals surface area contributed by atoms with Gasteiger partial charge in [-0.15, -0.1) is 0 Å². The monoisotopic (exact) mass is 303 g/mol. The topological polar surface area (TPSA) is 18.8 Å². The highest BCUT2D eigenvalue weighted by Crippen LogP contribution is 2.20. The zero-order chi connectivity index (χ0) is 6.85. The molecular weight excluding hydrogens is 297 g/mol. The molecule has 1 atom stereocenters. The standard InChI is InChI=1S/C4H7BrIN3/c1-2-9-4(5)8(6)3-7-9/h3-4H,2H2,1H3. The first kappa shape index (κ1) is 7.59. The van der Waals surface area contributed by atoms with Gasteiger partial charge in [-0.25, -0.2) is 0 Å². The zero-order valence-corrected chi connectivity index (χ0v) is 8.70. The molecule has 0 radical (unpaired) electrons. The van der Waals surface area contributed by atoms with Crippen LogP contribution in [0.5, 0.6) is 0 Å². The van der Waals surface area contributed by atoms with Crippen LogP contribution < -0.4 is 0 Å². The number of halogens is 2. The molecule has 3 nitrogen and oxygen atoms in total. The van der Waals surface area contributed by atoms with Gasteiger partial charge in [-0.1, -0.05) is 0 Å². The maximum absolute atomic E-state index is 4.10. The van der Waals surface area contributed by atoms with Crippen LogP contribution in [0.15, 0.2) is 5.10 Å². The molecule has 0 aromatic carbocycles. The van der Waals surface area contributed by atoms with Crippen LogP contribution in [0.1, 0.15) is 6.92 Å². The van der Waals surface area contributed by atoms with Crippen molar-refractivity contribution < 1.29 is 0 Å². The van der Waals surface area contributed by atoms with Gasteiger partial charge in [-0.2, -0.15) is 5.10 Å². The summed E-state index contributed by atoms with van der Waals surface area (Å²) in [6.45, 7) is 3.01. The van der Waals surface area contributed by atoms with Gasteiger partial charge < -0.3 is 0 Å². The van der Waals surface area contributed by atoms with E-state index < -0.39 is 0 Å². The summed E-state index contributed by atoms with van der Waals surface area (Å²) in [5.41, 5.74) is 0. The zero-order valence-electron chi connectivity index (χ0n) is 4.96. The Bertz CT molecular complexity index is 129. The van der Waals surface area contributed by atoms with E-state index in [1.54, 1.807) is 6.34 Å². The van der Waals surface area contributed by atoms with E-state index in [0.717, 1.165) is 6.54 Å². The smallest absolute Gasteiger partial charge is 0.184 e. The Balaban J connectivity index is 2.51. The molecule has 0 saturated heterocycles. The summed E-state index contributed by atoms with van der Waals surface area (Å²) in [5, 5.41) is 6.29. The number of hydrogen-bond acceptors (Lipinski definition) is 3. The fourth-order valence-corrected chi connectivity index (χ4v) is 1.49. The molecule has 1 heterocycles. The van der Waals surface area contributed by atoms with Gasteiger partial charge >= 0.3 is 0 Å². The summed E-state index contributed by atoms with van der Waals surface area (Å²) in [6, 6.07) is 0. The second kappa shape index (κ2) is 3.05. The molecule has 5 heteroatoms. The second-order valence-electron chi connectivity index (χ2n) is 1.64. The molecule has 1 aliphatic rings. The quantitative estimate of drug-likeness (QED) is 0.317. The van der Waals surface area contributed by atoms with Gasteiger partial charge in [0.2, 0.25) is 0 Å². The largest absolute Gasteiger partial charge is 0.270 e. The van der Waals surface area contributed by atoms with Gasteiger partial charge in [0, 0.05) is 6.54 Å². The summed E-state index contributed by atoms with van der Waals surface area (Å²) < 4.78 is 1.97. The maximum Gasteiger partial charge on any atom is 0.184 e. The molecule has 9 heavy (non-hydrogen) atoms. The van der Waals surface area contributed by atoms with E-state index in [1.807, 2.05) is 8.12 Å². The normalized spacial score (nSPS) is 25.9. The molecule has 52 valence electrons. The Morgan fingerprint density at radius 2 is 2.56 bits per heavy atom. The summed E-state index contributed by atoms with van der Waals surface area (Å²) >= 11 is 5.64. The lowest BCUT2D eigenvalue weighted by atomic mass is 10.7. The molecule has 0 fully saturated rings. The number of hydrazone groups is 1. The van der Waals surface area contributed by atoms with Crippen LogP contribution in [-0.2, 0) is 0 Å². The Labute approximate surface area is 76.7 Å². The molecule has 0 bridgehead atoms. The molecule has 0 saturated carbocycles. The van der Waals surface area contributed by atoms with Crippen LogP contribution in [0, 0.1) is 0 Å².